The van der Waals surface area contributed by atoms with E-state index in [9.17, 15) is 4.79 Å². The van der Waals surface area contributed by atoms with E-state index in [0.717, 1.165) is 31.7 Å². The smallest absolute Gasteiger partial charge is 0.232 e. The molecular formula is C14H20N2OS. The van der Waals surface area contributed by atoms with Gasteiger partial charge in [0.05, 0.1) is 5.75 Å². The van der Waals surface area contributed by atoms with E-state index in [4.69, 9.17) is 5.73 Å². The lowest BCUT2D eigenvalue weighted by Crippen LogP contribution is -2.37. The van der Waals surface area contributed by atoms with Crippen molar-refractivity contribution < 1.29 is 4.79 Å². The molecule has 0 fully saturated rings. The molecule has 4 heteroatoms. The molecule has 0 unspecified atom stereocenters. The summed E-state index contributed by atoms with van der Waals surface area (Å²) in [6.07, 6.45) is 1.97. The van der Waals surface area contributed by atoms with E-state index in [1.165, 1.54) is 11.1 Å². The Kier molecular flexibility index (Phi) is 5.08. The van der Waals surface area contributed by atoms with Crippen LogP contribution < -0.4 is 5.73 Å². The van der Waals surface area contributed by atoms with E-state index in [1.807, 2.05) is 11.0 Å². The number of amides is 1. The van der Waals surface area contributed by atoms with Crippen molar-refractivity contribution in [1.29, 1.82) is 0 Å². The molecule has 0 saturated carbocycles. The Labute approximate surface area is 113 Å². The molecule has 0 spiro atoms. The van der Waals surface area contributed by atoms with Crippen LogP contribution in [0.5, 0.6) is 0 Å². The maximum absolute atomic E-state index is 12.0. The molecule has 18 heavy (non-hydrogen) atoms. The van der Waals surface area contributed by atoms with Gasteiger partial charge in [0.1, 0.15) is 0 Å². The number of nitrogens with two attached hydrogens (primary N) is 1. The fraction of sp³-hybridized carbons (Fsp3) is 0.500. The summed E-state index contributed by atoms with van der Waals surface area (Å²) < 4.78 is 0. The molecule has 1 aliphatic rings. The summed E-state index contributed by atoms with van der Waals surface area (Å²) in [5.41, 5.74) is 8.11. The Morgan fingerprint density at radius 1 is 1.33 bits per heavy atom. The normalized spacial score (nSPS) is 14.4. The van der Waals surface area contributed by atoms with Gasteiger partial charge >= 0.3 is 0 Å². The number of benzene rings is 1. The summed E-state index contributed by atoms with van der Waals surface area (Å²) in [6.45, 7) is 2.33. The monoisotopic (exact) mass is 264 g/mol. The van der Waals surface area contributed by atoms with Gasteiger partial charge in [0, 0.05) is 13.1 Å². The van der Waals surface area contributed by atoms with E-state index in [1.54, 1.807) is 11.8 Å². The molecule has 0 bridgehead atoms. The van der Waals surface area contributed by atoms with Gasteiger partial charge in [-0.1, -0.05) is 24.3 Å². The molecule has 1 heterocycles. The number of carbonyl (C=O) groups is 1. The molecule has 3 nitrogen and oxygen atoms in total. The van der Waals surface area contributed by atoms with Crippen LogP contribution in [-0.2, 0) is 17.8 Å². The Bertz CT molecular complexity index is 409. The Morgan fingerprint density at radius 3 is 2.89 bits per heavy atom. The van der Waals surface area contributed by atoms with Crippen LogP contribution in [-0.4, -0.2) is 35.4 Å². The first-order chi connectivity index (χ1) is 8.81. The predicted octanol–water partition coefficient (Wildman–Crippen LogP) is 1.65. The van der Waals surface area contributed by atoms with Crippen molar-refractivity contribution in [2.45, 2.75) is 19.4 Å². The minimum atomic E-state index is 0.256. The summed E-state index contributed by atoms with van der Waals surface area (Å²) in [7, 11) is 0. The van der Waals surface area contributed by atoms with E-state index < -0.39 is 0 Å². The molecule has 1 aliphatic heterocycles. The fourth-order valence-electron chi connectivity index (χ4n) is 2.14. The minimum Gasteiger partial charge on any atom is -0.337 e. The van der Waals surface area contributed by atoms with Gasteiger partial charge in [-0.2, -0.15) is 11.8 Å². The molecular weight excluding hydrogens is 244 g/mol. The summed E-state index contributed by atoms with van der Waals surface area (Å²) in [6, 6.07) is 8.39. The molecule has 1 amide bonds. The standard InChI is InChI=1S/C14H20N2OS/c15-7-3-9-18-11-14(17)16-8-6-12-4-1-2-5-13(12)10-16/h1-2,4-5H,3,6-11,15H2. The van der Waals surface area contributed by atoms with Gasteiger partial charge in [-0.05, 0) is 36.3 Å². The molecule has 1 aromatic rings. The first kappa shape index (κ1) is 13.4. The molecule has 98 valence electrons. The summed E-state index contributed by atoms with van der Waals surface area (Å²) in [5, 5.41) is 0. The van der Waals surface area contributed by atoms with Gasteiger partial charge < -0.3 is 10.6 Å². The van der Waals surface area contributed by atoms with E-state index in [0.29, 0.717) is 12.3 Å². The summed E-state index contributed by atoms with van der Waals surface area (Å²) in [4.78, 5) is 14.0. The van der Waals surface area contributed by atoms with Crippen molar-refractivity contribution in [3.05, 3.63) is 35.4 Å². The van der Waals surface area contributed by atoms with Crippen LogP contribution in [0.15, 0.2) is 24.3 Å². The predicted molar refractivity (Wildman–Crippen MR) is 76.6 cm³/mol. The first-order valence-electron chi connectivity index (χ1n) is 6.43. The van der Waals surface area contributed by atoms with Crippen LogP contribution in [0.3, 0.4) is 0 Å². The van der Waals surface area contributed by atoms with Gasteiger partial charge in [0.25, 0.3) is 0 Å². The summed E-state index contributed by atoms with van der Waals surface area (Å²) >= 11 is 1.69. The summed E-state index contributed by atoms with van der Waals surface area (Å²) in [5.74, 6) is 1.82. The Morgan fingerprint density at radius 2 is 2.11 bits per heavy atom. The lowest BCUT2D eigenvalue weighted by molar-refractivity contribution is -0.129. The highest BCUT2D eigenvalue weighted by Gasteiger charge is 2.19. The first-order valence-corrected chi connectivity index (χ1v) is 7.59. The van der Waals surface area contributed by atoms with Gasteiger partial charge in [-0.3, -0.25) is 4.79 Å². The molecule has 0 saturated heterocycles. The zero-order valence-corrected chi connectivity index (χ0v) is 11.4. The van der Waals surface area contributed by atoms with E-state index >= 15 is 0 Å². The van der Waals surface area contributed by atoms with Crippen molar-refractivity contribution in [3.63, 3.8) is 0 Å². The lowest BCUT2D eigenvalue weighted by atomic mass is 10.00. The minimum absolute atomic E-state index is 0.256. The Balaban J connectivity index is 1.83. The molecule has 0 radical (unpaired) electrons. The largest absolute Gasteiger partial charge is 0.337 e. The van der Waals surface area contributed by atoms with Gasteiger partial charge in [0.15, 0.2) is 0 Å². The lowest BCUT2D eigenvalue weighted by Gasteiger charge is -2.28. The number of rotatable bonds is 5. The maximum Gasteiger partial charge on any atom is 0.232 e. The topological polar surface area (TPSA) is 46.3 Å². The number of thioether (sulfide) groups is 1. The quantitative estimate of drug-likeness (QED) is 0.823. The average Bonchev–Trinajstić information content (AvgIpc) is 2.43. The third-order valence-corrected chi connectivity index (χ3v) is 4.23. The zero-order chi connectivity index (χ0) is 12.8. The highest BCUT2D eigenvalue weighted by Crippen LogP contribution is 2.19. The van der Waals surface area contributed by atoms with Gasteiger partial charge in [-0.25, -0.2) is 0 Å². The van der Waals surface area contributed by atoms with Crippen LogP contribution in [0.2, 0.25) is 0 Å². The zero-order valence-electron chi connectivity index (χ0n) is 10.6. The SMILES string of the molecule is NCCCSCC(=O)N1CCc2ccccc2C1. The third-order valence-electron chi connectivity index (χ3n) is 3.20. The number of hydrogen-bond acceptors (Lipinski definition) is 3. The van der Waals surface area contributed by atoms with Gasteiger partial charge in [0.2, 0.25) is 5.91 Å². The van der Waals surface area contributed by atoms with Crippen LogP contribution in [0.1, 0.15) is 17.5 Å². The number of carbonyl (C=O) groups excluding carboxylic acids is 1. The maximum atomic E-state index is 12.0. The Hall–Kier alpha value is -1.00. The fourth-order valence-corrected chi connectivity index (χ4v) is 3.02. The van der Waals surface area contributed by atoms with Crippen LogP contribution in [0.25, 0.3) is 0 Å². The third kappa shape index (κ3) is 3.50. The van der Waals surface area contributed by atoms with Crippen molar-refractivity contribution >= 4 is 17.7 Å². The molecule has 0 aromatic heterocycles. The molecule has 0 aliphatic carbocycles. The van der Waals surface area contributed by atoms with E-state index in [2.05, 4.69) is 18.2 Å². The molecule has 0 atom stereocenters. The van der Waals surface area contributed by atoms with E-state index in [-0.39, 0.29) is 5.91 Å². The van der Waals surface area contributed by atoms with Crippen molar-refractivity contribution in [2.24, 2.45) is 5.73 Å². The average molecular weight is 264 g/mol. The highest BCUT2D eigenvalue weighted by atomic mass is 32.2. The second kappa shape index (κ2) is 6.81. The van der Waals surface area contributed by atoms with Crippen molar-refractivity contribution in [1.82, 2.24) is 4.90 Å². The van der Waals surface area contributed by atoms with Crippen molar-refractivity contribution in [2.75, 3.05) is 24.6 Å². The van der Waals surface area contributed by atoms with Gasteiger partial charge in [-0.15, -0.1) is 0 Å². The molecule has 2 rings (SSSR count). The van der Waals surface area contributed by atoms with Crippen LogP contribution >= 0.6 is 11.8 Å². The number of nitrogens with zero attached hydrogens (tertiary/aromatic N) is 1. The molecule has 2 N–H and O–H groups in total. The van der Waals surface area contributed by atoms with Crippen LogP contribution in [0.4, 0.5) is 0 Å². The second-order valence-electron chi connectivity index (χ2n) is 4.53. The molecule has 1 aromatic carbocycles. The highest BCUT2D eigenvalue weighted by molar-refractivity contribution is 7.99. The van der Waals surface area contributed by atoms with Crippen LogP contribution in [0, 0.1) is 0 Å². The number of hydrogen-bond donors (Lipinski definition) is 1. The second-order valence-corrected chi connectivity index (χ2v) is 5.63. The number of fused-ring (bicyclic) bond motifs is 1. The van der Waals surface area contributed by atoms with Crippen molar-refractivity contribution in [3.8, 4) is 0 Å².